The number of rotatable bonds is 7. The van der Waals surface area contributed by atoms with Gasteiger partial charge >= 0.3 is 0 Å². The fourth-order valence-corrected chi connectivity index (χ4v) is 4.11. The van der Waals surface area contributed by atoms with E-state index in [2.05, 4.69) is 10.6 Å². The molecular formula is C19H26ClFN2O. The fraction of sp³-hybridized carbons (Fsp3) is 0.632. The lowest BCUT2D eigenvalue weighted by molar-refractivity contribution is 0.0930. The summed E-state index contributed by atoms with van der Waals surface area (Å²) >= 11 is 5.78. The number of hydrogen-bond donors (Lipinski definition) is 2. The second kappa shape index (κ2) is 8.30. The van der Waals surface area contributed by atoms with E-state index in [1.54, 1.807) is 0 Å². The van der Waals surface area contributed by atoms with Gasteiger partial charge in [0.25, 0.3) is 5.91 Å². The second-order valence-electron chi connectivity index (χ2n) is 7.30. The smallest absolute Gasteiger partial charge is 0.251 e. The molecule has 0 heterocycles. The summed E-state index contributed by atoms with van der Waals surface area (Å²) in [6.45, 7) is 1.77. The van der Waals surface area contributed by atoms with Crippen molar-refractivity contribution in [2.75, 3.05) is 13.1 Å². The lowest BCUT2D eigenvalue weighted by atomic mass is 9.80. The minimum absolute atomic E-state index is 0.246. The zero-order chi connectivity index (χ0) is 16.9. The molecule has 1 aromatic rings. The standard InChI is InChI=1S/C19H26ClFN2O/c20-16-9-15(10-17(21)11-16)19(24)23-12-14-7-18(8-14)22-6-5-13-3-1-2-4-13/h9-11,13-14,18,22H,1-8,12H2,(H,23,24)/t14-,18-. The van der Waals surface area contributed by atoms with E-state index < -0.39 is 5.82 Å². The van der Waals surface area contributed by atoms with Gasteiger partial charge in [-0.25, -0.2) is 4.39 Å². The van der Waals surface area contributed by atoms with Crippen LogP contribution in [0.2, 0.25) is 5.02 Å². The highest BCUT2D eigenvalue weighted by atomic mass is 35.5. The SMILES string of the molecule is O=C(NC[C@H]1C[C@H](NCCC2CCCC2)C1)c1cc(F)cc(Cl)c1. The average Bonchev–Trinajstić information content (AvgIpc) is 3.00. The highest BCUT2D eigenvalue weighted by Crippen LogP contribution is 2.29. The summed E-state index contributed by atoms with van der Waals surface area (Å²) in [6, 6.07) is 4.51. The number of hydrogen-bond acceptors (Lipinski definition) is 2. The molecule has 0 aliphatic heterocycles. The molecule has 132 valence electrons. The first-order chi connectivity index (χ1) is 11.6. The van der Waals surface area contributed by atoms with Crippen LogP contribution < -0.4 is 10.6 Å². The Hall–Kier alpha value is -1.13. The summed E-state index contributed by atoms with van der Waals surface area (Å²) in [7, 11) is 0. The molecule has 2 fully saturated rings. The lowest BCUT2D eigenvalue weighted by Crippen LogP contribution is -2.46. The Kier molecular flexibility index (Phi) is 6.12. The Morgan fingerprint density at radius 2 is 1.92 bits per heavy atom. The minimum atomic E-state index is -0.483. The van der Waals surface area contributed by atoms with Gasteiger partial charge in [-0.05, 0) is 55.8 Å². The van der Waals surface area contributed by atoms with Gasteiger partial charge in [-0.15, -0.1) is 0 Å². The van der Waals surface area contributed by atoms with Crippen LogP contribution in [0.4, 0.5) is 4.39 Å². The number of nitrogens with one attached hydrogen (secondary N) is 2. The van der Waals surface area contributed by atoms with Crippen molar-refractivity contribution in [1.29, 1.82) is 0 Å². The molecule has 0 atom stereocenters. The molecule has 2 N–H and O–H groups in total. The number of benzene rings is 1. The molecule has 0 spiro atoms. The normalized spacial score (nSPS) is 23.9. The topological polar surface area (TPSA) is 41.1 Å². The molecule has 0 bridgehead atoms. The maximum absolute atomic E-state index is 13.3. The van der Waals surface area contributed by atoms with Crippen LogP contribution in [0.1, 0.15) is 55.3 Å². The van der Waals surface area contributed by atoms with Gasteiger partial charge in [-0.2, -0.15) is 0 Å². The Bertz CT molecular complexity index is 548. The van der Waals surface area contributed by atoms with E-state index in [0.29, 0.717) is 18.5 Å². The van der Waals surface area contributed by atoms with Crippen LogP contribution in [0.3, 0.4) is 0 Å². The predicted molar refractivity (Wildman–Crippen MR) is 94.8 cm³/mol. The van der Waals surface area contributed by atoms with Crippen molar-refractivity contribution in [2.24, 2.45) is 11.8 Å². The highest BCUT2D eigenvalue weighted by molar-refractivity contribution is 6.31. The molecule has 1 amide bonds. The van der Waals surface area contributed by atoms with Crippen molar-refractivity contribution < 1.29 is 9.18 Å². The minimum Gasteiger partial charge on any atom is -0.352 e. The van der Waals surface area contributed by atoms with Gasteiger partial charge in [0.05, 0.1) is 0 Å². The van der Waals surface area contributed by atoms with Gasteiger partial charge in [0, 0.05) is 23.2 Å². The summed E-state index contributed by atoms with van der Waals surface area (Å²) in [5.74, 6) is 0.713. The van der Waals surface area contributed by atoms with Gasteiger partial charge in [0.15, 0.2) is 0 Å². The number of carbonyl (C=O) groups excluding carboxylic acids is 1. The van der Waals surface area contributed by atoms with Gasteiger partial charge < -0.3 is 10.6 Å². The van der Waals surface area contributed by atoms with E-state index >= 15 is 0 Å². The molecule has 1 aromatic carbocycles. The predicted octanol–water partition coefficient (Wildman–Crippen LogP) is 4.16. The third-order valence-corrected chi connectivity index (χ3v) is 5.59. The summed E-state index contributed by atoms with van der Waals surface area (Å²) in [6.07, 6.45) is 9.15. The monoisotopic (exact) mass is 352 g/mol. The van der Waals surface area contributed by atoms with E-state index in [-0.39, 0.29) is 16.5 Å². The van der Waals surface area contributed by atoms with Crippen molar-refractivity contribution in [3.05, 3.63) is 34.6 Å². The Labute approximate surface area is 148 Å². The number of amides is 1. The quantitative estimate of drug-likeness (QED) is 0.773. The molecule has 0 unspecified atom stereocenters. The van der Waals surface area contributed by atoms with Crippen LogP contribution in [0.15, 0.2) is 18.2 Å². The van der Waals surface area contributed by atoms with Crippen molar-refractivity contribution in [3.63, 3.8) is 0 Å². The van der Waals surface area contributed by atoms with E-state index in [0.717, 1.165) is 25.3 Å². The van der Waals surface area contributed by atoms with Crippen LogP contribution >= 0.6 is 11.6 Å². The summed E-state index contributed by atoms with van der Waals surface area (Å²) in [5, 5.41) is 6.76. The molecule has 2 aliphatic carbocycles. The van der Waals surface area contributed by atoms with E-state index in [9.17, 15) is 9.18 Å². The largest absolute Gasteiger partial charge is 0.352 e. The van der Waals surface area contributed by atoms with Crippen molar-refractivity contribution in [1.82, 2.24) is 10.6 Å². The third-order valence-electron chi connectivity index (χ3n) is 5.37. The number of halogens is 2. The van der Waals surface area contributed by atoms with Gasteiger partial charge in [0.2, 0.25) is 0 Å². The molecular weight excluding hydrogens is 327 g/mol. The second-order valence-corrected chi connectivity index (χ2v) is 7.73. The van der Waals surface area contributed by atoms with Crippen molar-refractivity contribution in [2.45, 2.75) is 51.0 Å². The van der Waals surface area contributed by atoms with Crippen molar-refractivity contribution >= 4 is 17.5 Å². The maximum atomic E-state index is 13.3. The molecule has 3 nitrogen and oxygen atoms in total. The van der Waals surface area contributed by atoms with Crippen LogP contribution in [-0.2, 0) is 0 Å². The van der Waals surface area contributed by atoms with Crippen LogP contribution in [-0.4, -0.2) is 25.0 Å². The van der Waals surface area contributed by atoms with Gasteiger partial charge in [-0.1, -0.05) is 37.3 Å². The Balaban J connectivity index is 1.30. The zero-order valence-corrected chi connectivity index (χ0v) is 14.7. The van der Waals surface area contributed by atoms with E-state index in [4.69, 9.17) is 11.6 Å². The van der Waals surface area contributed by atoms with Crippen LogP contribution in [0.5, 0.6) is 0 Å². The molecule has 0 saturated heterocycles. The molecule has 2 saturated carbocycles. The summed E-state index contributed by atoms with van der Waals surface area (Å²) < 4.78 is 13.3. The third kappa shape index (κ3) is 4.93. The van der Waals surface area contributed by atoms with E-state index in [1.165, 1.54) is 50.3 Å². The van der Waals surface area contributed by atoms with Crippen molar-refractivity contribution in [3.8, 4) is 0 Å². The molecule has 2 aliphatic rings. The van der Waals surface area contributed by atoms with E-state index in [1.807, 2.05) is 0 Å². The van der Waals surface area contributed by atoms with Crippen LogP contribution in [0.25, 0.3) is 0 Å². The maximum Gasteiger partial charge on any atom is 0.251 e. The van der Waals surface area contributed by atoms with Gasteiger partial charge in [-0.3, -0.25) is 4.79 Å². The average molecular weight is 353 g/mol. The Morgan fingerprint density at radius 1 is 1.17 bits per heavy atom. The first-order valence-electron chi connectivity index (χ1n) is 9.08. The highest BCUT2D eigenvalue weighted by Gasteiger charge is 2.29. The Morgan fingerprint density at radius 3 is 2.62 bits per heavy atom. The molecule has 24 heavy (non-hydrogen) atoms. The molecule has 0 aromatic heterocycles. The van der Waals surface area contributed by atoms with Crippen LogP contribution in [0, 0.1) is 17.7 Å². The fourth-order valence-electron chi connectivity index (χ4n) is 3.88. The first-order valence-corrected chi connectivity index (χ1v) is 9.45. The first kappa shape index (κ1) is 17.7. The zero-order valence-electron chi connectivity index (χ0n) is 14.0. The summed E-state index contributed by atoms with van der Waals surface area (Å²) in [4.78, 5) is 12.0. The lowest BCUT2D eigenvalue weighted by Gasteiger charge is -2.36. The molecule has 0 radical (unpaired) electrons. The summed E-state index contributed by atoms with van der Waals surface area (Å²) in [5.41, 5.74) is 0.283. The number of carbonyl (C=O) groups is 1. The van der Waals surface area contributed by atoms with Gasteiger partial charge in [0.1, 0.15) is 5.82 Å². The molecule has 5 heteroatoms. The molecule has 3 rings (SSSR count).